The van der Waals surface area contributed by atoms with Crippen LogP contribution in [0.15, 0.2) is 88.1 Å². The highest BCUT2D eigenvalue weighted by Gasteiger charge is 2.24. The number of fused-ring (bicyclic) bond motifs is 1. The molecule has 0 aliphatic carbocycles. The third-order valence-corrected chi connectivity index (χ3v) is 7.87. The molecule has 0 bridgehead atoms. The van der Waals surface area contributed by atoms with E-state index in [0.717, 1.165) is 26.9 Å². The van der Waals surface area contributed by atoms with Gasteiger partial charge < -0.3 is 8.84 Å². The summed E-state index contributed by atoms with van der Waals surface area (Å²) >= 11 is 0. The Bertz CT molecular complexity index is 1180. The van der Waals surface area contributed by atoms with E-state index in [9.17, 15) is 4.79 Å². The quantitative estimate of drug-likeness (QED) is 0.369. The first kappa shape index (κ1) is 20.2. The van der Waals surface area contributed by atoms with E-state index in [1.807, 2.05) is 55.5 Å². The summed E-state index contributed by atoms with van der Waals surface area (Å²) < 4.78 is 12.2. The molecule has 3 aromatic carbocycles. The fourth-order valence-corrected chi connectivity index (χ4v) is 5.95. The lowest BCUT2D eigenvalue weighted by molar-refractivity contribution is 0.491. The van der Waals surface area contributed by atoms with Crippen molar-refractivity contribution in [2.75, 3.05) is 0 Å². The number of rotatable bonds is 4. The van der Waals surface area contributed by atoms with Crippen LogP contribution >= 0.6 is 0 Å². The molecule has 0 spiro atoms. The van der Waals surface area contributed by atoms with Crippen LogP contribution in [0, 0.1) is 6.92 Å². The summed E-state index contributed by atoms with van der Waals surface area (Å²) in [7, 11) is -2.11. The van der Waals surface area contributed by atoms with Gasteiger partial charge in [0.05, 0.1) is 0 Å². The van der Waals surface area contributed by atoms with E-state index in [1.54, 1.807) is 0 Å². The van der Waals surface area contributed by atoms with Gasteiger partial charge in [-0.2, -0.15) is 0 Å². The molecule has 4 rings (SSSR count). The van der Waals surface area contributed by atoms with Crippen LogP contribution in [0.2, 0.25) is 0 Å². The minimum atomic E-state index is -2.11. The minimum Gasteiger partial charge on any atom is -0.532 e. The monoisotopic (exact) mass is 414 g/mol. The Morgan fingerprint density at radius 3 is 1.93 bits per heavy atom. The minimum absolute atomic E-state index is 0.0194. The summed E-state index contributed by atoms with van der Waals surface area (Å²) in [5.74, 6) is 0.315. The Hall–Kier alpha value is -3.11. The molecule has 30 heavy (non-hydrogen) atoms. The van der Waals surface area contributed by atoms with Crippen molar-refractivity contribution in [1.29, 1.82) is 0 Å². The summed E-state index contributed by atoms with van der Waals surface area (Å²) in [4.78, 5) is 12.9. The summed E-state index contributed by atoms with van der Waals surface area (Å²) in [6, 6.07) is 26.4. The third-order valence-electron chi connectivity index (χ3n) is 5.42. The predicted octanol–water partition coefficient (Wildman–Crippen LogP) is 4.32. The molecule has 0 N–H and O–H groups in total. The maximum atomic E-state index is 12.9. The van der Waals surface area contributed by atoms with Crippen LogP contribution in [-0.4, -0.2) is 9.04 Å². The van der Waals surface area contributed by atoms with Crippen molar-refractivity contribution in [3.05, 3.63) is 100 Å². The normalized spacial score (nSPS) is 11.8. The van der Waals surface area contributed by atoms with Gasteiger partial charge in [0.2, 0.25) is 0 Å². The third kappa shape index (κ3) is 3.96. The van der Waals surface area contributed by atoms with Gasteiger partial charge in [-0.25, -0.2) is 4.79 Å². The van der Waals surface area contributed by atoms with Gasteiger partial charge in [0.1, 0.15) is 5.58 Å². The number of hydrogen-bond donors (Lipinski definition) is 0. The van der Waals surface area contributed by atoms with E-state index in [1.165, 1.54) is 0 Å². The Balaban J connectivity index is 1.82. The molecule has 4 aromatic rings. The van der Waals surface area contributed by atoms with E-state index < -0.39 is 14.7 Å². The SMILES string of the molecule is Cc1c(O[SiH](c2ccccc2)c2ccccc2)c(=O)oc2cc(C(C)(C)C)ccc12. The molecular weight excluding hydrogens is 388 g/mol. The second kappa shape index (κ2) is 7.96. The molecule has 0 amide bonds. The van der Waals surface area contributed by atoms with Crippen molar-refractivity contribution < 1.29 is 8.84 Å². The summed E-state index contributed by atoms with van der Waals surface area (Å²) in [6.07, 6.45) is 0. The predicted molar refractivity (Wildman–Crippen MR) is 126 cm³/mol. The van der Waals surface area contributed by atoms with Gasteiger partial charge in [0.15, 0.2) is 5.75 Å². The number of benzene rings is 3. The second-order valence-electron chi connectivity index (χ2n) is 8.62. The maximum Gasteiger partial charge on any atom is 0.377 e. The van der Waals surface area contributed by atoms with Crippen LogP contribution in [0.1, 0.15) is 31.9 Å². The average Bonchev–Trinajstić information content (AvgIpc) is 2.74. The van der Waals surface area contributed by atoms with Crippen molar-refractivity contribution in [3.8, 4) is 5.75 Å². The molecule has 3 nitrogen and oxygen atoms in total. The molecule has 0 saturated carbocycles. The highest BCUT2D eigenvalue weighted by Crippen LogP contribution is 2.29. The van der Waals surface area contributed by atoms with Gasteiger partial charge in [-0.15, -0.1) is 0 Å². The zero-order chi connectivity index (χ0) is 21.3. The fraction of sp³-hybridized carbons (Fsp3) is 0.192. The molecule has 152 valence electrons. The molecule has 0 saturated heterocycles. The summed E-state index contributed by atoms with van der Waals surface area (Å²) in [5.41, 5.74) is 2.12. The lowest BCUT2D eigenvalue weighted by Crippen LogP contribution is -2.48. The van der Waals surface area contributed by atoms with Crippen molar-refractivity contribution in [2.24, 2.45) is 0 Å². The zero-order valence-electron chi connectivity index (χ0n) is 17.8. The highest BCUT2D eigenvalue weighted by atomic mass is 28.3. The van der Waals surface area contributed by atoms with E-state index in [0.29, 0.717) is 11.3 Å². The van der Waals surface area contributed by atoms with Crippen molar-refractivity contribution >= 4 is 30.4 Å². The Kier molecular flexibility index (Phi) is 5.35. The number of hydrogen-bond acceptors (Lipinski definition) is 3. The van der Waals surface area contributed by atoms with Crippen molar-refractivity contribution in [3.63, 3.8) is 0 Å². The van der Waals surface area contributed by atoms with Crippen LogP contribution in [0.4, 0.5) is 0 Å². The lowest BCUT2D eigenvalue weighted by Gasteiger charge is -2.21. The van der Waals surface area contributed by atoms with Gasteiger partial charge in [-0.3, -0.25) is 0 Å². The van der Waals surface area contributed by atoms with Crippen LogP contribution in [0.5, 0.6) is 5.75 Å². The van der Waals surface area contributed by atoms with Gasteiger partial charge in [-0.05, 0) is 34.3 Å². The van der Waals surface area contributed by atoms with E-state index >= 15 is 0 Å². The summed E-state index contributed by atoms with van der Waals surface area (Å²) in [6.45, 7) is 8.37. The first-order chi connectivity index (χ1) is 14.3. The molecule has 0 aliphatic heterocycles. The summed E-state index contributed by atoms with van der Waals surface area (Å²) in [5, 5.41) is 3.14. The average molecular weight is 415 g/mol. The van der Waals surface area contributed by atoms with Gasteiger partial charge in [-0.1, -0.05) is 93.6 Å². The largest absolute Gasteiger partial charge is 0.532 e. The molecule has 1 heterocycles. The molecular formula is C26H26O3Si. The highest BCUT2D eigenvalue weighted by molar-refractivity contribution is 6.80. The smallest absolute Gasteiger partial charge is 0.377 e. The first-order valence-corrected chi connectivity index (χ1v) is 11.8. The second-order valence-corrected chi connectivity index (χ2v) is 11.0. The van der Waals surface area contributed by atoms with Crippen LogP contribution in [0.3, 0.4) is 0 Å². The lowest BCUT2D eigenvalue weighted by atomic mass is 9.86. The molecule has 0 aliphatic rings. The molecule has 1 aromatic heterocycles. The molecule has 0 atom stereocenters. The zero-order valence-corrected chi connectivity index (χ0v) is 19.0. The first-order valence-electron chi connectivity index (χ1n) is 10.2. The molecule has 4 heteroatoms. The van der Waals surface area contributed by atoms with Crippen LogP contribution in [0.25, 0.3) is 11.0 Å². The Morgan fingerprint density at radius 1 is 0.833 bits per heavy atom. The van der Waals surface area contributed by atoms with Gasteiger partial charge in [0, 0.05) is 10.9 Å². The topological polar surface area (TPSA) is 39.4 Å². The molecule has 0 fully saturated rings. The Labute approximate surface area is 178 Å². The standard InChI is InChI=1S/C26H26O3Si/c1-18-22-16-15-19(26(2,3)4)17-23(22)28-25(27)24(18)29-30(20-11-7-5-8-12-20)21-13-9-6-10-14-21/h5-17,30H,1-4H3. The van der Waals surface area contributed by atoms with Gasteiger partial charge in [0.25, 0.3) is 9.04 Å². The van der Waals surface area contributed by atoms with Gasteiger partial charge >= 0.3 is 5.63 Å². The van der Waals surface area contributed by atoms with E-state index in [4.69, 9.17) is 8.84 Å². The van der Waals surface area contributed by atoms with Crippen molar-refractivity contribution in [1.82, 2.24) is 0 Å². The van der Waals surface area contributed by atoms with Crippen LogP contribution in [-0.2, 0) is 5.41 Å². The Morgan fingerprint density at radius 2 is 1.40 bits per heavy atom. The van der Waals surface area contributed by atoms with Crippen molar-refractivity contribution in [2.45, 2.75) is 33.1 Å². The van der Waals surface area contributed by atoms with E-state index in [-0.39, 0.29) is 5.41 Å². The van der Waals surface area contributed by atoms with E-state index in [2.05, 4.69) is 51.1 Å². The van der Waals surface area contributed by atoms with Crippen LogP contribution < -0.4 is 20.4 Å². The maximum absolute atomic E-state index is 12.9. The molecule has 0 radical (unpaired) electrons. The fourth-order valence-electron chi connectivity index (χ4n) is 3.64. The number of aryl methyl sites for hydroxylation is 1. The molecule has 0 unspecified atom stereocenters.